The second-order valence-corrected chi connectivity index (χ2v) is 5.89. The molecule has 100 valence electrons. The van der Waals surface area contributed by atoms with E-state index in [1.165, 1.54) is 26.3 Å². The van der Waals surface area contributed by atoms with Crippen molar-refractivity contribution in [2.24, 2.45) is 0 Å². The van der Waals surface area contributed by atoms with Crippen LogP contribution in [0.5, 0.6) is 5.75 Å². The molecule has 0 radical (unpaired) electrons. The Bertz CT molecular complexity index is 560. The van der Waals surface area contributed by atoms with E-state index < -0.39 is 20.2 Å². The summed E-state index contributed by atoms with van der Waals surface area (Å²) in [7, 11) is -1.12. The van der Waals surface area contributed by atoms with Crippen LogP contribution in [0.25, 0.3) is 0 Å². The second-order valence-electron chi connectivity index (χ2n) is 3.30. The minimum absolute atomic E-state index is 0.0559. The van der Waals surface area contributed by atoms with Crippen molar-refractivity contribution in [3.8, 4) is 5.75 Å². The van der Waals surface area contributed by atoms with E-state index in [2.05, 4.69) is 0 Å². The van der Waals surface area contributed by atoms with Gasteiger partial charge in [0.25, 0.3) is 0 Å². The predicted molar refractivity (Wildman–Crippen MR) is 67.7 cm³/mol. The van der Waals surface area contributed by atoms with Crippen molar-refractivity contribution in [3.05, 3.63) is 28.3 Å². The lowest BCUT2D eigenvalue weighted by molar-refractivity contribution is -0.385. The fraction of sp³-hybridized carbons (Fsp3) is 0.333. The number of halogens is 1. The van der Waals surface area contributed by atoms with Crippen LogP contribution in [0, 0.1) is 10.1 Å². The van der Waals surface area contributed by atoms with Crippen LogP contribution in [0.2, 0.25) is 0 Å². The minimum Gasteiger partial charge on any atom is -0.490 e. The number of methoxy groups -OCH3 is 1. The summed E-state index contributed by atoms with van der Waals surface area (Å²) in [6.45, 7) is 0. The Morgan fingerprint density at radius 3 is 2.56 bits per heavy atom. The first-order valence-electron chi connectivity index (χ1n) is 4.68. The van der Waals surface area contributed by atoms with Crippen molar-refractivity contribution in [3.63, 3.8) is 0 Å². The zero-order chi connectivity index (χ0) is 13.9. The van der Waals surface area contributed by atoms with E-state index in [1.807, 2.05) is 0 Å². The number of benzene rings is 1. The van der Waals surface area contributed by atoms with E-state index >= 15 is 0 Å². The first-order chi connectivity index (χ1) is 8.33. The molecule has 18 heavy (non-hydrogen) atoms. The van der Waals surface area contributed by atoms with Crippen LogP contribution in [0.3, 0.4) is 0 Å². The predicted octanol–water partition coefficient (Wildman–Crippen LogP) is 1.57. The molecule has 0 aliphatic rings. The van der Waals surface area contributed by atoms with Gasteiger partial charge in [-0.05, 0) is 12.1 Å². The third kappa shape index (κ3) is 2.82. The normalized spacial score (nSPS) is 11.1. The van der Waals surface area contributed by atoms with Gasteiger partial charge in [-0.25, -0.2) is 8.42 Å². The van der Waals surface area contributed by atoms with Crippen LogP contribution in [-0.4, -0.2) is 32.7 Å². The smallest absolute Gasteiger partial charge is 0.313 e. The molecule has 0 aromatic heterocycles. The van der Waals surface area contributed by atoms with Gasteiger partial charge in [0.1, 0.15) is 5.21 Å². The Labute approximate surface area is 109 Å². The number of sulfonamides is 1. The van der Waals surface area contributed by atoms with Crippen LogP contribution < -0.4 is 9.04 Å². The molecule has 7 nitrogen and oxygen atoms in total. The minimum atomic E-state index is -3.68. The van der Waals surface area contributed by atoms with Crippen molar-refractivity contribution >= 4 is 33.0 Å². The molecule has 1 aromatic carbocycles. The maximum Gasteiger partial charge on any atom is 0.313 e. The number of rotatable bonds is 5. The standard InChI is InChI=1S/C9H11ClN2O5S/c1-11(18(15,16)6-10)7-3-4-9(17-2)8(5-7)12(13)14/h3-5H,6H2,1-2H3. The van der Waals surface area contributed by atoms with Gasteiger partial charge in [-0.1, -0.05) is 0 Å². The molecular weight excluding hydrogens is 284 g/mol. The quantitative estimate of drug-likeness (QED) is 0.467. The molecule has 0 aliphatic heterocycles. The number of nitrogens with zero attached hydrogens (tertiary/aromatic N) is 2. The van der Waals surface area contributed by atoms with Gasteiger partial charge in [0.2, 0.25) is 10.0 Å². The molecule has 1 aromatic rings. The number of alkyl halides is 1. The van der Waals surface area contributed by atoms with Crippen molar-refractivity contribution in [1.82, 2.24) is 0 Å². The van der Waals surface area contributed by atoms with Gasteiger partial charge in [0.15, 0.2) is 5.75 Å². The van der Waals surface area contributed by atoms with Crippen molar-refractivity contribution in [2.75, 3.05) is 23.7 Å². The highest BCUT2D eigenvalue weighted by Gasteiger charge is 2.21. The fourth-order valence-electron chi connectivity index (χ4n) is 1.25. The zero-order valence-corrected chi connectivity index (χ0v) is 11.2. The van der Waals surface area contributed by atoms with Crippen LogP contribution in [-0.2, 0) is 10.0 Å². The lowest BCUT2D eigenvalue weighted by atomic mass is 10.2. The third-order valence-corrected chi connectivity index (χ3v) is 4.43. The van der Waals surface area contributed by atoms with Crippen molar-refractivity contribution < 1.29 is 18.1 Å². The van der Waals surface area contributed by atoms with E-state index in [0.29, 0.717) is 0 Å². The summed E-state index contributed by atoms with van der Waals surface area (Å²) >= 11 is 5.31. The summed E-state index contributed by atoms with van der Waals surface area (Å²) in [5, 5.41) is 10.2. The van der Waals surface area contributed by atoms with Gasteiger partial charge in [0.05, 0.1) is 17.7 Å². The Morgan fingerprint density at radius 1 is 1.50 bits per heavy atom. The lowest BCUT2D eigenvalue weighted by Crippen LogP contribution is -2.27. The van der Waals surface area contributed by atoms with E-state index in [1.54, 1.807) is 0 Å². The molecule has 9 heteroatoms. The van der Waals surface area contributed by atoms with Crippen LogP contribution in [0.1, 0.15) is 0 Å². The Balaban J connectivity index is 3.29. The highest BCUT2D eigenvalue weighted by atomic mass is 35.5. The van der Waals surface area contributed by atoms with E-state index in [4.69, 9.17) is 16.3 Å². The van der Waals surface area contributed by atoms with Gasteiger partial charge in [-0.15, -0.1) is 11.6 Å². The van der Waals surface area contributed by atoms with E-state index in [9.17, 15) is 18.5 Å². The lowest BCUT2D eigenvalue weighted by Gasteiger charge is -2.17. The maximum absolute atomic E-state index is 11.5. The van der Waals surface area contributed by atoms with Crippen molar-refractivity contribution in [2.45, 2.75) is 0 Å². The van der Waals surface area contributed by atoms with Crippen LogP contribution in [0.4, 0.5) is 11.4 Å². The number of hydrogen-bond donors (Lipinski definition) is 0. The summed E-state index contributed by atoms with van der Waals surface area (Å²) < 4.78 is 28.8. The zero-order valence-electron chi connectivity index (χ0n) is 9.66. The van der Waals surface area contributed by atoms with Gasteiger partial charge in [-0.2, -0.15) is 0 Å². The summed E-state index contributed by atoms with van der Waals surface area (Å²) in [5.74, 6) is 0.0559. The van der Waals surface area contributed by atoms with Crippen molar-refractivity contribution in [1.29, 1.82) is 0 Å². The van der Waals surface area contributed by atoms with E-state index in [0.717, 1.165) is 10.4 Å². The topological polar surface area (TPSA) is 89.8 Å². The highest BCUT2D eigenvalue weighted by Crippen LogP contribution is 2.31. The average Bonchev–Trinajstić information content (AvgIpc) is 2.36. The van der Waals surface area contributed by atoms with Gasteiger partial charge < -0.3 is 4.74 Å². The van der Waals surface area contributed by atoms with Gasteiger partial charge >= 0.3 is 5.69 Å². The molecule has 0 fully saturated rings. The van der Waals surface area contributed by atoms with Crippen LogP contribution >= 0.6 is 11.6 Å². The molecule has 0 atom stereocenters. The third-order valence-electron chi connectivity index (χ3n) is 2.28. The molecule has 0 aliphatic carbocycles. The Hall–Kier alpha value is -1.54. The summed E-state index contributed by atoms with van der Waals surface area (Å²) in [6, 6.07) is 3.84. The van der Waals surface area contributed by atoms with Gasteiger partial charge in [-0.3, -0.25) is 14.4 Å². The number of nitro benzene ring substituents is 1. The molecule has 1 rings (SSSR count). The molecule has 0 saturated carbocycles. The number of nitro groups is 1. The van der Waals surface area contributed by atoms with E-state index in [-0.39, 0.29) is 17.1 Å². The largest absolute Gasteiger partial charge is 0.490 e. The Kier molecular flexibility index (Phi) is 4.36. The summed E-state index contributed by atoms with van der Waals surface area (Å²) in [6.07, 6.45) is 0. The summed E-state index contributed by atoms with van der Waals surface area (Å²) in [5.41, 5.74) is -0.172. The first-order valence-corrected chi connectivity index (χ1v) is 6.83. The number of ether oxygens (including phenoxy) is 1. The SMILES string of the molecule is COc1ccc(N(C)S(=O)(=O)CCl)cc1[N+](=O)[O-]. The first kappa shape index (κ1) is 14.5. The molecule has 0 unspecified atom stereocenters. The second kappa shape index (κ2) is 5.40. The summed E-state index contributed by atoms with van der Waals surface area (Å²) in [4.78, 5) is 10.2. The monoisotopic (exact) mass is 294 g/mol. The highest BCUT2D eigenvalue weighted by molar-refractivity contribution is 7.93. The van der Waals surface area contributed by atoms with Crippen LogP contribution in [0.15, 0.2) is 18.2 Å². The molecule has 0 heterocycles. The molecule has 0 spiro atoms. The molecule has 0 bridgehead atoms. The number of hydrogen-bond acceptors (Lipinski definition) is 5. The Morgan fingerprint density at radius 2 is 2.11 bits per heavy atom. The van der Waals surface area contributed by atoms with Gasteiger partial charge in [0, 0.05) is 13.1 Å². The average molecular weight is 295 g/mol. The molecular formula is C9H11ClN2O5S. The number of anilines is 1. The molecule has 0 saturated heterocycles. The fourth-order valence-corrected chi connectivity index (χ4v) is 2.27. The molecule has 0 N–H and O–H groups in total. The molecule has 0 amide bonds. The maximum atomic E-state index is 11.5.